The summed E-state index contributed by atoms with van der Waals surface area (Å²) < 4.78 is 18.6. The molecule has 0 bridgehead atoms. The number of hydrogen-bond acceptors (Lipinski definition) is 7. The molecule has 2 aromatic heterocycles. The fourth-order valence-electron chi connectivity index (χ4n) is 3.65. The van der Waals surface area contributed by atoms with Gasteiger partial charge in [0.2, 0.25) is 4.96 Å². The molecule has 0 spiro atoms. The summed E-state index contributed by atoms with van der Waals surface area (Å²) >= 11 is 1.56. The number of imidazole rings is 1. The third kappa shape index (κ3) is 4.41. The highest BCUT2D eigenvalue weighted by Crippen LogP contribution is 2.29. The van der Waals surface area contributed by atoms with E-state index in [1.807, 2.05) is 47.0 Å². The maximum absolute atomic E-state index is 5.92. The van der Waals surface area contributed by atoms with Gasteiger partial charge in [-0.25, -0.2) is 9.50 Å². The molecule has 5 rings (SSSR count). The van der Waals surface area contributed by atoms with E-state index in [0.29, 0.717) is 6.61 Å². The van der Waals surface area contributed by atoms with E-state index in [0.717, 1.165) is 71.3 Å². The quantitative estimate of drug-likeness (QED) is 0.438. The van der Waals surface area contributed by atoms with Crippen LogP contribution in [0.5, 0.6) is 11.5 Å². The van der Waals surface area contributed by atoms with Gasteiger partial charge < -0.3 is 14.2 Å². The first-order valence-corrected chi connectivity index (χ1v) is 11.1. The molecule has 0 amide bonds. The molecule has 3 heterocycles. The predicted octanol–water partition coefficient (Wildman–Crippen LogP) is 3.88. The number of rotatable bonds is 7. The molecule has 160 valence electrons. The zero-order chi connectivity index (χ0) is 21.0. The van der Waals surface area contributed by atoms with Gasteiger partial charge in [-0.2, -0.15) is 5.10 Å². The van der Waals surface area contributed by atoms with E-state index in [4.69, 9.17) is 24.3 Å². The average molecular weight is 437 g/mol. The summed E-state index contributed by atoms with van der Waals surface area (Å²) in [6.07, 6.45) is 0. The third-order valence-corrected chi connectivity index (χ3v) is 6.17. The van der Waals surface area contributed by atoms with Crippen molar-refractivity contribution in [2.75, 3.05) is 33.4 Å². The van der Waals surface area contributed by atoms with Crippen molar-refractivity contribution in [3.05, 3.63) is 65.3 Å². The minimum absolute atomic E-state index is 0.401. The van der Waals surface area contributed by atoms with E-state index >= 15 is 0 Å². The molecular weight excluding hydrogens is 412 g/mol. The summed E-state index contributed by atoms with van der Waals surface area (Å²) in [4.78, 5) is 8.22. The zero-order valence-electron chi connectivity index (χ0n) is 17.4. The van der Waals surface area contributed by atoms with Gasteiger partial charge in [0.1, 0.15) is 18.1 Å². The molecule has 8 heteroatoms. The molecular formula is C23H24N4O3S. The van der Waals surface area contributed by atoms with Crippen LogP contribution < -0.4 is 9.47 Å². The summed E-state index contributed by atoms with van der Waals surface area (Å²) in [5, 5.41) is 5.73. The van der Waals surface area contributed by atoms with Crippen LogP contribution in [0.15, 0.2) is 54.6 Å². The highest BCUT2D eigenvalue weighted by atomic mass is 32.1. The second-order valence-electron chi connectivity index (χ2n) is 7.32. The maximum atomic E-state index is 5.92. The Morgan fingerprint density at radius 1 is 1.00 bits per heavy atom. The molecule has 0 saturated carbocycles. The van der Waals surface area contributed by atoms with Crippen LogP contribution >= 0.6 is 11.3 Å². The second-order valence-corrected chi connectivity index (χ2v) is 8.36. The Morgan fingerprint density at radius 3 is 2.48 bits per heavy atom. The summed E-state index contributed by atoms with van der Waals surface area (Å²) in [5.74, 6) is 1.59. The lowest BCUT2D eigenvalue weighted by atomic mass is 10.1. The summed E-state index contributed by atoms with van der Waals surface area (Å²) in [5.41, 5.74) is 3.21. The average Bonchev–Trinajstić information content (AvgIpc) is 3.38. The molecule has 1 saturated heterocycles. The number of fused-ring (bicyclic) bond motifs is 1. The number of nitrogens with zero attached hydrogens (tertiary/aromatic N) is 4. The third-order valence-electron chi connectivity index (χ3n) is 5.28. The number of methoxy groups -OCH3 is 1. The van der Waals surface area contributed by atoms with Crippen molar-refractivity contribution in [2.24, 2.45) is 0 Å². The molecule has 1 fully saturated rings. The SMILES string of the molecule is COc1ccc(OCc2nn3c(CN4CCOCC4)c(-c4ccccc4)nc3s2)cc1. The van der Waals surface area contributed by atoms with Gasteiger partial charge in [-0.1, -0.05) is 41.7 Å². The van der Waals surface area contributed by atoms with Crippen LogP contribution in [0, 0.1) is 0 Å². The second kappa shape index (κ2) is 9.05. The lowest BCUT2D eigenvalue weighted by molar-refractivity contribution is 0.0335. The summed E-state index contributed by atoms with van der Waals surface area (Å²) in [6, 6.07) is 17.9. The minimum Gasteiger partial charge on any atom is -0.497 e. The van der Waals surface area contributed by atoms with Crippen molar-refractivity contribution < 1.29 is 14.2 Å². The van der Waals surface area contributed by atoms with Gasteiger partial charge in [0.05, 0.1) is 31.7 Å². The van der Waals surface area contributed by atoms with Crippen LogP contribution in [0.25, 0.3) is 16.2 Å². The van der Waals surface area contributed by atoms with Crippen LogP contribution in [0.1, 0.15) is 10.7 Å². The molecule has 1 aliphatic rings. The fourth-order valence-corrected chi connectivity index (χ4v) is 4.47. The first-order valence-electron chi connectivity index (χ1n) is 10.3. The van der Waals surface area contributed by atoms with Crippen LogP contribution in [0.2, 0.25) is 0 Å². The zero-order valence-corrected chi connectivity index (χ0v) is 18.2. The molecule has 0 atom stereocenters. The van der Waals surface area contributed by atoms with Gasteiger partial charge in [0.15, 0.2) is 5.01 Å². The number of hydrogen-bond donors (Lipinski definition) is 0. The van der Waals surface area contributed by atoms with E-state index in [1.165, 1.54) is 0 Å². The largest absolute Gasteiger partial charge is 0.497 e. The van der Waals surface area contributed by atoms with Crippen molar-refractivity contribution in [3.8, 4) is 22.8 Å². The molecule has 0 aliphatic carbocycles. The highest BCUT2D eigenvalue weighted by Gasteiger charge is 2.21. The lowest BCUT2D eigenvalue weighted by Gasteiger charge is -2.26. The van der Waals surface area contributed by atoms with Crippen molar-refractivity contribution in [3.63, 3.8) is 0 Å². The molecule has 0 radical (unpaired) electrons. The molecule has 1 aliphatic heterocycles. The Labute approximate surface area is 184 Å². The van der Waals surface area contributed by atoms with Crippen LogP contribution in [0.3, 0.4) is 0 Å². The molecule has 7 nitrogen and oxygen atoms in total. The predicted molar refractivity (Wildman–Crippen MR) is 120 cm³/mol. The van der Waals surface area contributed by atoms with Gasteiger partial charge in [-0.3, -0.25) is 4.90 Å². The van der Waals surface area contributed by atoms with Gasteiger partial charge >= 0.3 is 0 Å². The van der Waals surface area contributed by atoms with Crippen molar-refractivity contribution in [1.82, 2.24) is 19.5 Å². The maximum Gasteiger partial charge on any atom is 0.213 e. The lowest BCUT2D eigenvalue weighted by Crippen LogP contribution is -2.36. The normalized spacial score (nSPS) is 14.7. The van der Waals surface area contributed by atoms with Gasteiger partial charge in [-0.15, -0.1) is 0 Å². The molecule has 0 N–H and O–H groups in total. The van der Waals surface area contributed by atoms with Crippen LogP contribution in [0.4, 0.5) is 0 Å². The van der Waals surface area contributed by atoms with E-state index in [-0.39, 0.29) is 0 Å². The monoisotopic (exact) mass is 436 g/mol. The highest BCUT2D eigenvalue weighted by molar-refractivity contribution is 7.16. The first kappa shape index (κ1) is 20.0. The molecule has 4 aromatic rings. The number of morpholine rings is 1. The van der Waals surface area contributed by atoms with E-state index in [9.17, 15) is 0 Å². The van der Waals surface area contributed by atoms with Gasteiger partial charge in [-0.05, 0) is 24.3 Å². The van der Waals surface area contributed by atoms with E-state index in [2.05, 4.69) is 17.0 Å². The first-order chi connectivity index (χ1) is 15.3. The summed E-state index contributed by atoms with van der Waals surface area (Å²) in [6.45, 7) is 4.55. The van der Waals surface area contributed by atoms with Crippen LogP contribution in [-0.4, -0.2) is 52.9 Å². The molecule has 2 aromatic carbocycles. The Bertz CT molecular complexity index is 1140. The molecule has 31 heavy (non-hydrogen) atoms. The fraction of sp³-hybridized carbons (Fsp3) is 0.304. The number of benzene rings is 2. The Morgan fingerprint density at radius 2 is 1.74 bits per heavy atom. The van der Waals surface area contributed by atoms with Gasteiger partial charge in [0.25, 0.3) is 0 Å². The topological polar surface area (TPSA) is 61.1 Å². The number of ether oxygens (including phenoxy) is 3. The van der Waals surface area contributed by atoms with E-state index < -0.39 is 0 Å². The minimum atomic E-state index is 0.401. The Hall–Kier alpha value is -2.94. The Kier molecular flexibility index (Phi) is 5.84. The number of aromatic nitrogens is 3. The summed E-state index contributed by atoms with van der Waals surface area (Å²) in [7, 11) is 1.65. The van der Waals surface area contributed by atoms with Crippen molar-refractivity contribution in [2.45, 2.75) is 13.2 Å². The van der Waals surface area contributed by atoms with Crippen molar-refractivity contribution in [1.29, 1.82) is 0 Å². The van der Waals surface area contributed by atoms with Gasteiger partial charge in [0, 0.05) is 25.2 Å². The standard InChI is InChI=1S/C23H24N4O3S/c1-28-18-7-9-19(10-8-18)30-16-21-25-27-20(15-26-11-13-29-14-12-26)22(24-23(27)31-21)17-5-3-2-4-6-17/h2-10H,11-16H2,1H3. The van der Waals surface area contributed by atoms with Crippen LogP contribution in [-0.2, 0) is 17.9 Å². The van der Waals surface area contributed by atoms with Crippen molar-refractivity contribution >= 4 is 16.3 Å². The smallest absolute Gasteiger partial charge is 0.213 e. The Balaban J connectivity index is 1.41. The van der Waals surface area contributed by atoms with E-state index in [1.54, 1.807) is 18.4 Å². The molecule has 0 unspecified atom stereocenters.